The quantitative estimate of drug-likeness (QED) is 0.252. The minimum Gasteiger partial charge on any atom is -0.543 e. The van der Waals surface area contributed by atoms with Crippen molar-refractivity contribution in [2.75, 3.05) is 0 Å². The second-order valence-electron chi connectivity index (χ2n) is 1.38. The minimum atomic E-state index is -2.19. The molecule has 0 aromatic heterocycles. The molecule has 0 rings (SSSR count). The van der Waals surface area contributed by atoms with Gasteiger partial charge in [-0.1, -0.05) is 0 Å². The van der Waals surface area contributed by atoms with E-state index in [0.717, 1.165) is 6.92 Å². The van der Waals surface area contributed by atoms with Crippen molar-refractivity contribution in [3.63, 3.8) is 0 Å². The maximum atomic E-state index is 9.00. The standard InChI is InChI=1S/C2H2O4.C2H4O2.CH2O3.Ca.H3N/c3-1(4)2(5)6;1-2(3)4;2-1(3)4;;/h(H,3,4)(H,5,6);1H3,(H,3,4);(H2,2,3,4);;1H3/q;;;+2;/p-2. The Morgan fingerprint density at radius 3 is 0.938 bits per heavy atom. The van der Waals surface area contributed by atoms with Crippen molar-refractivity contribution in [2.45, 2.75) is 6.92 Å². The summed E-state index contributed by atoms with van der Waals surface area (Å²) in [6, 6.07) is 0. The van der Waals surface area contributed by atoms with E-state index in [1.54, 1.807) is 0 Å². The van der Waals surface area contributed by atoms with E-state index in [2.05, 4.69) is 0 Å². The molecular formula is C5H9CaNO9. The monoisotopic (exact) mass is 267 g/mol. The zero-order valence-electron chi connectivity index (χ0n) is 8.21. The molecule has 0 radical (unpaired) electrons. The summed E-state index contributed by atoms with van der Waals surface area (Å²) in [6.45, 7) is 1.08. The molecule has 0 aliphatic rings. The van der Waals surface area contributed by atoms with E-state index in [9.17, 15) is 0 Å². The van der Waals surface area contributed by atoms with Gasteiger partial charge in [-0.15, -0.1) is 0 Å². The van der Waals surface area contributed by atoms with Crippen molar-refractivity contribution in [3.8, 4) is 0 Å². The molecule has 0 aromatic carbocycles. The van der Waals surface area contributed by atoms with Crippen LogP contribution < -0.4 is 16.4 Å². The molecule has 0 atom stereocenters. The predicted octanol–water partition coefficient (Wildman–Crippen LogP) is -3.42. The summed E-state index contributed by atoms with van der Waals surface area (Å²) in [6.07, 6.45) is -1.83. The van der Waals surface area contributed by atoms with Crippen molar-refractivity contribution >= 4 is 61.8 Å². The molecule has 0 amide bonds. The Morgan fingerprint density at radius 2 is 0.938 bits per heavy atom. The molecule has 0 aliphatic heterocycles. The van der Waals surface area contributed by atoms with Crippen LogP contribution in [0.5, 0.6) is 0 Å². The van der Waals surface area contributed by atoms with E-state index >= 15 is 0 Å². The molecule has 0 aromatic rings. The topological polar surface area (TPSA) is 210 Å². The van der Waals surface area contributed by atoms with E-state index in [-0.39, 0.29) is 43.9 Å². The van der Waals surface area contributed by atoms with E-state index in [1.165, 1.54) is 0 Å². The maximum absolute atomic E-state index is 9.00. The average Bonchev–Trinajstić information content (AvgIpc) is 1.83. The molecule has 0 heterocycles. The van der Waals surface area contributed by atoms with Gasteiger partial charge in [0.05, 0.1) is 11.9 Å². The summed E-state index contributed by atoms with van der Waals surface area (Å²) < 4.78 is 0. The summed E-state index contributed by atoms with van der Waals surface area (Å²) in [5.74, 6) is -5.20. The molecule has 0 unspecified atom stereocenters. The molecule has 0 saturated heterocycles. The van der Waals surface area contributed by atoms with Gasteiger partial charge in [0.25, 0.3) is 5.97 Å². The Bertz CT molecular complexity index is 196. The minimum absolute atomic E-state index is 0. The molecule has 10 nitrogen and oxygen atoms in total. The van der Waals surface area contributed by atoms with E-state index in [0.29, 0.717) is 0 Å². The van der Waals surface area contributed by atoms with Gasteiger partial charge in [0.2, 0.25) is 0 Å². The molecule has 16 heavy (non-hydrogen) atoms. The number of carbonyl (C=O) groups excluding carboxylic acids is 2. The third-order valence-corrected chi connectivity index (χ3v) is 0.167. The third-order valence-electron chi connectivity index (χ3n) is 0.167. The van der Waals surface area contributed by atoms with Crippen LogP contribution >= 0.6 is 0 Å². The molecule has 0 fully saturated rings. The molecular weight excluding hydrogens is 258 g/mol. The van der Waals surface area contributed by atoms with Gasteiger partial charge in [-0.25, -0.2) is 4.79 Å². The van der Waals surface area contributed by atoms with Gasteiger partial charge in [0.15, 0.2) is 0 Å². The van der Waals surface area contributed by atoms with Gasteiger partial charge in [0.1, 0.15) is 0 Å². The first kappa shape index (κ1) is 29.4. The fourth-order valence-corrected chi connectivity index (χ4v) is 0. The number of hydrogen-bond acceptors (Lipinski definition) is 7. The predicted molar refractivity (Wildman–Crippen MR) is 44.8 cm³/mol. The average molecular weight is 267 g/mol. The van der Waals surface area contributed by atoms with Gasteiger partial charge < -0.3 is 41.3 Å². The van der Waals surface area contributed by atoms with Crippen molar-refractivity contribution in [2.24, 2.45) is 0 Å². The van der Waals surface area contributed by atoms with Crippen LogP contribution in [-0.4, -0.2) is 77.1 Å². The third kappa shape index (κ3) is 217. The molecule has 0 bridgehead atoms. The smallest absolute Gasteiger partial charge is 0.543 e. The zero-order chi connectivity index (χ0) is 12.3. The van der Waals surface area contributed by atoms with E-state index in [1.807, 2.05) is 0 Å². The van der Waals surface area contributed by atoms with Gasteiger partial charge in [-0.05, 0) is 0 Å². The van der Waals surface area contributed by atoms with Crippen LogP contribution in [0.2, 0.25) is 0 Å². The van der Waals surface area contributed by atoms with Gasteiger partial charge in [-0.3, -0.25) is 4.79 Å². The molecule has 11 heteroatoms. The Balaban J connectivity index is -0.0000000367. The van der Waals surface area contributed by atoms with Crippen molar-refractivity contribution in [1.29, 1.82) is 0 Å². The number of rotatable bonds is 0. The first-order valence-electron chi connectivity index (χ1n) is 2.65. The van der Waals surface area contributed by atoms with Crippen LogP contribution in [-0.2, 0) is 14.4 Å². The first-order chi connectivity index (χ1) is 6.11. The van der Waals surface area contributed by atoms with Crippen molar-refractivity contribution in [3.05, 3.63) is 0 Å². The second kappa shape index (κ2) is 19.5. The number of carboxylic acid groups (broad SMARTS) is 5. The molecule has 90 valence electrons. The van der Waals surface area contributed by atoms with Crippen LogP contribution in [0, 0.1) is 0 Å². The van der Waals surface area contributed by atoms with Crippen LogP contribution in [0.15, 0.2) is 0 Å². The summed E-state index contributed by atoms with van der Waals surface area (Å²) in [4.78, 5) is 35.4. The van der Waals surface area contributed by atoms with Crippen LogP contribution in [0.3, 0.4) is 0 Å². The maximum Gasteiger partial charge on any atom is 2.00 e. The SMILES string of the molecule is CC(=O)O.N.O=C(O)O.O=C([O-])C(=O)[O-].[Ca+2]. The Kier molecular flexibility index (Phi) is 35.7. The summed E-state index contributed by atoms with van der Waals surface area (Å²) in [5.41, 5.74) is 0. The van der Waals surface area contributed by atoms with E-state index < -0.39 is 24.1 Å². The molecule has 0 saturated carbocycles. The molecule has 0 spiro atoms. The second-order valence-corrected chi connectivity index (χ2v) is 1.38. The summed E-state index contributed by atoms with van der Waals surface area (Å²) >= 11 is 0. The number of aliphatic carboxylic acids is 3. The molecule has 6 N–H and O–H groups in total. The summed E-state index contributed by atoms with van der Waals surface area (Å²) in [5, 5.41) is 39.2. The Hall–Kier alpha value is -1.10. The van der Waals surface area contributed by atoms with Gasteiger partial charge in [-0.2, -0.15) is 0 Å². The van der Waals surface area contributed by atoms with Crippen LogP contribution in [0.1, 0.15) is 6.92 Å². The first-order valence-corrected chi connectivity index (χ1v) is 2.65. The van der Waals surface area contributed by atoms with Gasteiger partial charge >= 0.3 is 43.9 Å². The number of carbonyl (C=O) groups is 4. The Labute approximate surface area is 119 Å². The van der Waals surface area contributed by atoms with Gasteiger partial charge in [0, 0.05) is 6.92 Å². The van der Waals surface area contributed by atoms with Crippen molar-refractivity contribution in [1.82, 2.24) is 6.15 Å². The van der Waals surface area contributed by atoms with Crippen LogP contribution in [0.4, 0.5) is 4.79 Å². The molecule has 0 aliphatic carbocycles. The van der Waals surface area contributed by atoms with Crippen LogP contribution in [0.25, 0.3) is 0 Å². The van der Waals surface area contributed by atoms with E-state index in [4.69, 9.17) is 44.7 Å². The largest absolute Gasteiger partial charge is 2.00 e. The normalized spacial score (nSPS) is 5.81. The van der Waals surface area contributed by atoms with Crippen molar-refractivity contribution < 1.29 is 44.7 Å². The number of carboxylic acids is 3. The number of hydrogen-bond donors (Lipinski definition) is 4. The Morgan fingerprint density at radius 1 is 0.875 bits per heavy atom. The fourth-order valence-electron chi connectivity index (χ4n) is 0. The summed E-state index contributed by atoms with van der Waals surface area (Å²) in [7, 11) is 0. The zero-order valence-corrected chi connectivity index (χ0v) is 10.4. The fraction of sp³-hybridized carbons (Fsp3) is 0.200.